The van der Waals surface area contributed by atoms with Crippen molar-refractivity contribution in [3.05, 3.63) is 36.8 Å². The second-order valence-corrected chi connectivity index (χ2v) is 11.3. The van der Waals surface area contributed by atoms with E-state index < -0.39 is 15.4 Å². The van der Waals surface area contributed by atoms with Gasteiger partial charge < -0.3 is 14.5 Å². The Morgan fingerprint density at radius 3 is 2.39 bits per heavy atom. The molecule has 1 fully saturated rings. The first-order valence-electron chi connectivity index (χ1n) is 11.5. The van der Waals surface area contributed by atoms with Crippen molar-refractivity contribution in [3.8, 4) is 17.0 Å². The van der Waals surface area contributed by atoms with Crippen molar-refractivity contribution in [2.75, 3.05) is 45.2 Å². The van der Waals surface area contributed by atoms with Crippen molar-refractivity contribution in [1.29, 1.82) is 0 Å². The van der Waals surface area contributed by atoms with Crippen LogP contribution in [0.2, 0.25) is 0 Å². The molecule has 0 radical (unpaired) electrons. The van der Waals surface area contributed by atoms with Gasteiger partial charge in [-0.2, -0.15) is 0 Å². The van der Waals surface area contributed by atoms with Crippen molar-refractivity contribution in [3.63, 3.8) is 0 Å². The van der Waals surface area contributed by atoms with Crippen LogP contribution in [0.15, 0.2) is 41.7 Å². The van der Waals surface area contributed by atoms with Crippen LogP contribution in [0, 0.1) is 5.41 Å². The molecule has 0 saturated carbocycles. The normalized spacial score (nSPS) is 15.2. The smallest absolute Gasteiger partial charge is 0.330 e. The van der Waals surface area contributed by atoms with E-state index in [1.54, 1.807) is 11.3 Å². The Hall–Kier alpha value is -3.35. The number of nitrogens with zero attached hydrogens (tertiary/aromatic N) is 5. The van der Waals surface area contributed by atoms with E-state index >= 15 is 0 Å². The van der Waals surface area contributed by atoms with Crippen LogP contribution < -0.4 is 14.4 Å². The van der Waals surface area contributed by atoms with E-state index in [4.69, 9.17) is 9.57 Å². The van der Waals surface area contributed by atoms with Crippen LogP contribution in [0.25, 0.3) is 22.0 Å². The molecule has 2 aromatic heterocycles. The topological polar surface area (TPSA) is 127 Å². The third-order valence-corrected chi connectivity index (χ3v) is 7.29. The van der Waals surface area contributed by atoms with E-state index in [1.807, 2.05) is 39.0 Å². The zero-order valence-electron chi connectivity index (χ0n) is 21.0. The maximum absolute atomic E-state index is 12.5. The number of sulfonamides is 1. The number of carbonyl (C=O) groups excluding carboxylic acids is 1. The van der Waals surface area contributed by atoms with Gasteiger partial charge in [-0.3, -0.25) is 0 Å². The average Bonchev–Trinajstić information content (AvgIpc) is 2.87. The highest BCUT2D eigenvalue weighted by Crippen LogP contribution is 2.32. The molecule has 11 nitrogen and oxygen atoms in total. The number of hydrogen-bond donors (Lipinski definition) is 1. The molecular weight excluding hydrogens is 484 g/mol. The Labute approximate surface area is 210 Å². The number of nitrogens with one attached hydrogen (secondary N) is 1. The standard InChI is InChI=1S/C24H30N6O5S/c1-24(2,3)23(31)35-30-10-8-29(9-11-30)21-18-12-16(6-7-19(18)27-15-28-21)17-13-20(36(32,33)25-4)22(34-5)26-14-17/h6-7,12-15,25H,8-11H2,1-5H3. The number of piperazine rings is 1. The molecule has 1 N–H and O–H groups in total. The summed E-state index contributed by atoms with van der Waals surface area (Å²) in [5.74, 6) is 0.511. The van der Waals surface area contributed by atoms with Crippen LogP contribution in [0.1, 0.15) is 20.8 Å². The molecule has 192 valence electrons. The molecule has 0 bridgehead atoms. The summed E-state index contributed by atoms with van der Waals surface area (Å²) < 4.78 is 32.4. The first-order valence-corrected chi connectivity index (χ1v) is 13.0. The Morgan fingerprint density at radius 2 is 1.75 bits per heavy atom. The molecule has 0 amide bonds. The van der Waals surface area contributed by atoms with Crippen molar-refractivity contribution in [2.24, 2.45) is 5.41 Å². The largest absolute Gasteiger partial charge is 0.480 e. The number of hydrogen-bond acceptors (Lipinski definition) is 10. The lowest BCUT2D eigenvalue weighted by Crippen LogP contribution is -2.48. The van der Waals surface area contributed by atoms with Crippen molar-refractivity contribution in [1.82, 2.24) is 24.7 Å². The van der Waals surface area contributed by atoms with Gasteiger partial charge in [-0.25, -0.2) is 32.9 Å². The van der Waals surface area contributed by atoms with Crippen molar-refractivity contribution < 1.29 is 22.8 Å². The Balaban J connectivity index is 1.63. The minimum Gasteiger partial charge on any atom is -0.480 e. The Bertz CT molecular complexity index is 1380. The summed E-state index contributed by atoms with van der Waals surface area (Å²) in [6.07, 6.45) is 3.09. The quantitative estimate of drug-likeness (QED) is 0.523. The minimum absolute atomic E-state index is 0.0166. The number of pyridine rings is 1. The third kappa shape index (κ3) is 5.25. The molecule has 1 aliphatic heterocycles. The maximum atomic E-state index is 12.5. The number of ether oxygens (including phenoxy) is 1. The number of fused-ring (bicyclic) bond motifs is 1. The van der Waals surface area contributed by atoms with E-state index in [-0.39, 0.29) is 16.7 Å². The zero-order chi connectivity index (χ0) is 26.1. The monoisotopic (exact) mass is 514 g/mol. The van der Waals surface area contributed by atoms with Crippen LogP contribution in [0.4, 0.5) is 5.82 Å². The van der Waals surface area contributed by atoms with Crippen LogP contribution >= 0.6 is 0 Å². The number of rotatable bonds is 6. The lowest BCUT2D eigenvalue weighted by Gasteiger charge is -2.35. The number of anilines is 1. The highest BCUT2D eigenvalue weighted by atomic mass is 32.2. The van der Waals surface area contributed by atoms with Crippen LogP contribution in [-0.4, -0.2) is 74.7 Å². The van der Waals surface area contributed by atoms with Crippen molar-refractivity contribution in [2.45, 2.75) is 25.7 Å². The molecule has 12 heteroatoms. The summed E-state index contributed by atoms with van der Waals surface area (Å²) in [6, 6.07) is 7.19. The average molecular weight is 515 g/mol. The number of carbonyl (C=O) groups is 1. The van der Waals surface area contributed by atoms with E-state index in [9.17, 15) is 13.2 Å². The number of aromatic nitrogens is 3. The molecule has 0 unspecified atom stereocenters. The van der Waals surface area contributed by atoms with Gasteiger partial charge in [0.15, 0.2) is 0 Å². The molecule has 1 aliphatic rings. The fourth-order valence-electron chi connectivity index (χ4n) is 3.77. The highest BCUT2D eigenvalue weighted by molar-refractivity contribution is 7.89. The van der Waals surface area contributed by atoms with E-state index in [0.717, 1.165) is 22.3 Å². The van der Waals surface area contributed by atoms with Crippen LogP contribution in [0.5, 0.6) is 5.88 Å². The number of benzene rings is 1. The minimum atomic E-state index is -3.77. The van der Waals surface area contributed by atoms with E-state index in [2.05, 4.69) is 24.6 Å². The summed E-state index contributed by atoms with van der Waals surface area (Å²) in [5.41, 5.74) is 1.56. The van der Waals surface area contributed by atoms with Gasteiger partial charge in [0.2, 0.25) is 15.9 Å². The van der Waals surface area contributed by atoms with Gasteiger partial charge >= 0.3 is 5.97 Å². The first kappa shape index (κ1) is 25.7. The molecule has 3 heterocycles. The summed E-state index contributed by atoms with van der Waals surface area (Å²) in [7, 11) is -1.06. The first-order chi connectivity index (χ1) is 17.0. The van der Waals surface area contributed by atoms with Gasteiger partial charge in [0.25, 0.3) is 0 Å². The number of hydroxylamine groups is 2. The van der Waals surface area contributed by atoms with Crippen LogP contribution in [-0.2, 0) is 19.7 Å². The fraction of sp³-hybridized carbons (Fsp3) is 0.417. The summed E-state index contributed by atoms with van der Waals surface area (Å²) in [6.45, 7) is 7.79. The Morgan fingerprint density at radius 1 is 1.03 bits per heavy atom. The highest BCUT2D eigenvalue weighted by Gasteiger charge is 2.28. The predicted octanol–water partition coefficient (Wildman–Crippen LogP) is 2.23. The molecule has 0 spiro atoms. The second-order valence-electron chi connectivity index (χ2n) is 9.41. The molecular formula is C24H30N6O5S. The van der Waals surface area contributed by atoms with Gasteiger partial charge in [0.05, 0.1) is 31.1 Å². The summed E-state index contributed by atoms with van der Waals surface area (Å²) in [5, 5.41) is 2.51. The van der Waals surface area contributed by atoms with Gasteiger partial charge in [-0.1, -0.05) is 6.07 Å². The van der Waals surface area contributed by atoms with E-state index in [0.29, 0.717) is 31.7 Å². The molecule has 0 atom stereocenters. The molecule has 0 aliphatic carbocycles. The Kier molecular flexibility index (Phi) is 7.12. The molecule has 4 rings (SSSR count). The zero-order valence-corrected chi connectivity index (χ0v) is 21.8. The molecule has 1 aromatic carbocycles. The van der Waals surface area contributed by atoms with Gasteiger partial charge in [-0.05, 0) is 51.6 Å². The van der Waals surface area contributed by atoms with Gasteiger partial charge in [0, 0.05) is 30.2 Å². The van der Waals surface area contributed by atoms with Gasteiger partial charge in [0.1, 0.15) is 17.0 Å². The van der Waals surface area contributed by atoms with E-state index in [1.165, 1.54) is 26.6 Å². The summed E-state index contributed by atoms with van der Waals surface area (Å²) >= 11 is 0. The molecule has 3 aromatic rings. The lowest BCUT2D eigenvalue weighted by molar-refractivity contribution is -0.201. The summed E-state index contributed by atoms with van der Waals surface area (Å²) in [4.78, 5) is 33.0. The van der Waals surface area contributed by atoms with Gasteiger partial charge in [-0.15, -0.1) is 5.06 Å². The van der Waals surface area contributed by atoms with Crippen LogP contribution in [0.3, 0.4) is 0 Å². The SMILES string of the molecule is CNS(=O)(=O)c1cc(-c2ccc3ncnc(N4CCN(OC(=O)C(C)(C)C)CC4)c3c2)cnc1OC. The van der Waals surface area contributed by atoms with Crippen molar-refractivity contribution >= 4 is 32.7 Å². The lowest BCUT2D eigenvalue weighted by atomic mass is 9.98. The maximum Gasteiger partial charge on any atom is 0.330 e. The second kappa shape index (κ2) is 9.96. The molecule has 36 heavy (non-hydrogen) atoms. The third-order valence-electron chi connectivity index (χ3n) is 5.88. The number of methoxy groups -OCH3 is 1. The predicted molar refractivity (Wildman–Crippen MR) is 135 cm³/mol. The molecule has 1 saturated heterocycles. The fourth-order valence-corrected chi connectivity index (χ4v) is 4.63.